The van der Waals surface area contributed by atoms with Crippen molar-refractivity contribution in [2.45, 2.75) is 24.7 Å². The van der Waals surface area contributed by atoms with Crippen molar-refractivity contribution in [3.05, 3.63) is 196 Å². The zero-order valence-corrected chi connectivity index (χ0v) is 27.9. The Morgan fingerprint density at radius 3 is 1.82 bits per heavy atom. The van der Waals surface area contributed by atoms with Gasteiger partial charge in [0.15, 0.2) is 0 Å². The first-order valence-electron chi connectivity index (χ1n) is 17.3. The molecule has 2 nitrogen and oxygen atoms in total. The molecule has 0 aliphatic heterocycles. The number of nitriles is 1. The van der Waals surface area contributed by atoms with Crippen LogP contribution in [0.2, 0.25) is 0 Å². The van der Waals surface area contributed by atoms with Crippen molar-refractivity contribution in [1.82, 2.24) is 4.98 Å². The largest absolute Gasteiger partial charge is 0.256 e. The van der Waals surface area contributed by atoms with Gasteiger partial charge in [-0.15, -0.1) is 0 Å². The van der Waals surface area contributed by atoms with Crippen molar-refractivity contribution < 1.29 is 0 Å². The van der Waals surface area contributed by atoms with E-state index in [0.29, 0.717) is 5.56 Å². The van der Waals surface area contributed by atoms with E-state index in [1.165, 1.54) is 66.8 Å². The summed E-state index contributed by atoms with van der Waals surface area (Å²) in [6, 6.07) is 53.0. The summed E-state index contributed by atoms with van der Waals surface area (Å²) in [6.07, 6.45) is 6.57. The molecule has 0 bridgehead atoms. The monoisotopic (exact) mass is 636 g/mol. The van der Waals surface area contributed by atoms with Gasteiger partial charge in [0.05, 0.1) is 22.7 Å². The molecule has 0 N–H and O–H groups in total. The molecule has 0 saturated heterocycles. The van der Waals surface area contributed by atoms with Gasteiger partial charge < -0.3 is 0 Å². The minimum atomic E-state index is -0.524. The maximum absolute atomic E-state index is 9.23. The van der Waals surface area contributed by atoms with E-state index in [9.17, 15) is 5.26 Å². The number of hydrogen-bond donors (Lipinski definition) is 0. The molecule has 0 radical (unpaired) electrons. The van der Waals surface area contributed by atoms with E-state index in [1.807, 2.05) is 30.5 Å². The summed E-state index contributed by atoms with van der Waals surface area (Å²) in [5.74, 6) is 0. The molecule has 1 unspecified atom stereocenters. The van der Waals surface area contributed by atoms with Crippen LogP contribution in [0, 0.1) is 11.3 Å². The average molecular weight is 637 g/mol. The standard InChI is InChI=1S/C48H32N2/c1-47(2)41-13-7-4-10-36(41)38-27-45-39(26-44(38)47)37-11-5-8-14-42(37)48(45)40-12-6-3-9-31(40)19-20-32-21-22-34(25-43(32)48)35-23-24-46(50-29-35)33-17-15-30(28-49)16-18-33/h3-27,29H,1-2H3. The van der Waals surface area contributed by atoms with Crippen LogP contribution in [-0.4, -0.2) is 4.98 Å². The van der Waals surface area contributed by atoms with Crippen LogP contribution in [0.15, 0.2) is 146 Å². The Morgan fingerprint density at radius 1 is 0.480 bits per heavy atom. The van der Waals surface area contributed by atoms with E-state index in [0.717, 1.165) is 22.4 Å². The van der Waals surface area contributed by atoms with E-state index in [-0.39, 0.29) is 5.41 Å². The predicted octanol–water partition coefficient (Wildman–Crippen LogP) is 11.4. The van der Waals surface area contributed by atoms with E-state index in [4.69, 9.17) is 4.98 Å². The summed E-state index contributed by atoms with van der Waals surface area (Å²) in [6.45, 7) is 4.74. The van der Waals surface area contributed by atoms with Crippen LogP contribution in [0.5, 0.6) is 0 Å². The fourth-order valence-corrected chi connectivity index (χ4v) is 9.02. The van der Waals surface area contributed by atoms with Gasteiger partial charge in [0.1, 0.15) is 0 Å². The van der Waals surface area contributed by atoms with Crippen LogP contribution in [0.3, 0.4) is 0 Å². The van der Waals surface area contributed by atoms with Crippen LogP contribution in [-0.2, 0) is 10.8 Å². The van der Waals surface area contributed by atoms with Gasteiger partial charge in [-0.3, -0.25) is 4.98 Å². The second-order valence-corrected chi connectivity index (χ2v) is 14.3. The van der Waals surface area contributed by atoms with Crippen LogP contribution < -0.4 is 0 Å². The fourth-order valence-electron chi connectivity index (χ4n) is 9.02. The molecule has 1 atom stereocenters. The summed E-state index contributed by atoms with van der Waals surface area (Å²) in [5, 5.41) is 9.23. The first-order valence-corrected chi connectivity index (χ1v) is 17.3. The van der Waals surface area contributed by atoms with Gasteiger partial charge >= 0.3 is 0 Å². The summed E-state index contributed by atoms with van der Waals surface area (Å²) in [5.41, 5.74) is 19.9. The first-order chi connectivity index (χ1) is 24.5. The highest BCUT2D eigenvalue weighted by molar-refractivity contribution is 5.95. The molecule has 0 saturated carbocycles. The quantitative estimate of drug-likeness (QED) is 0.189. The number of hydrogen-bond acceptors (Lipinski definition) is 2. The molecule has 2 heteroatoms. The smallest absolute Gasteiger partial charge is 0.0991 e. The topological polar surface area (TPSA) is 36.7 Å². The Kier molecular flexibility index (Phi) is 5.94. The number of rotatable bonds is 2. The maximum atomic E-state index is 9.23. The van der Waals surface area contributed by atoms with Gasteiger partial charge in [0.25, 0.3) is 0 Å². The molecular weight excluding hydrogens is 605 g/mol. The summed E-state index contributed by atoms with van der Waals surface area (Å²) >= 11 is 0. The second kappa shape index (κ2) is 10.3. The van der Waals surface area contributed by atoms with Gasteiger partial charge in [0.2, 0.25) is 0 Å². The molecule has 0 amide bonds. The average Bonchev–Trinajstić information content (AvgIpc) is 3.51. The lowest BCUT2D eigenvalue weighted by Crippen LogP contribution is -2.30. The van der Waals surface area contributed by atoms with Crippen molar-refractivity contribution in [1.29, 1.82) is 5.26 Å². The minimum absolute atomic E-state index is 0.0867. The van der Waals surface area contributed by atoms with Crippen molar-refractivity contribution >= 4 is 12.2 Å². The molecule has 1 aromatic heterocycles. The van der Waals surface area contributed by atoms with Gasteiger partial charge in [0, 0.05) is 22.7 Å². The first kappa shape index (κ1) is 28.7. The minimum Gasteiger partial charge on any atom is -0.256 e. The normalized spacial score (nSPS) is 16.7. The molecular formula is C48H32N2. The zero-order valence-electron chi connectivity index (χ0n) is 27.9. The number of aromatic nitrogens is 1. The molecule has 1 spiro atoms. The molecule has 6 aromatic carbocycles. The molecule has 3 aliphatic rings. The van der Waals surface area contributed by atoms with Crippen LogP contribution in [0.25, 0.3) is 56.8 Å². The number of benzene rings is 6. The third kappa shape index (κ3) is 3.81. The van der Waals surface area contributed by atoms with Gasteiger partial charge in [-0.25, -0.2) is 0 Å². The number of pyridine rings is 1. The lowest BCUT2D eigenvalue weighted by molar-refractivity contribution is 0.660. The Morgan fingerprint density at radius 2 is 1.08 bits per heavy atom. The summed E-state index contributed by atoms with van der Waals surface area (Å²) < 4.78 is 0. The van der Waals surface area contributed by atoms with E-state index < -0.39 is 5.41 Å². The third-order valence-corrected chi connectivity index (χ3v) is 11.4. The van der Waals surface area contributed by atoms with Crippen molar-refractivity contribution in [3.63, 3.8) is 0 Å². The molecule has 0 fully saturated rings. The highest BCUT2D eigenvalue weighted by Crippen LogP contribution is 2.61. The highest BCUT2D eigenvalue weighted by atomic mass is 14.7. The van der Waals surface area contributed by atoms with Crippen LogP contribution in [0.4, 0.5) is 0 Å². The van der Waals surface area contributed by atoms with Gasteiger partial charge in [-0.2, -0.15) is 5.26 Å². The molecule has 1 heterocycles. The van der Waals surface area contributed by atoms with Crippen molar-refractivity contribution in [2.75, 3.05) is 0 Å². The predicted molar refractivity (Wildman–Crippen MR) is 204 cm³/mol. The zero-order chi connectivity index (χ0) is 33.6. The Labute approximate surface area is 292 Å². The van der Waals surface area contributed by atoms with E-state index in [2.05, 4.69) is 147 Å². The highest BCUT2D eigenvalue weighted by Gasteiger charge is 2.50. The molecule has 7 aromatic rings. The lowest BCUT2D eigenvalue weighted by Gasteiger charge is -2.36. The second-order valence-electron chi connectivity index (χ2n) is 14.3. The fraction of sp³-hybridized carbons (Fsp3) is 0.0833. The Balaban J connectivity index is 1.23. The molecule has 10 rings (SSSR count). The molecule has 234 valence electrons. The van der Waals surface area contributed by atoms with Crippen LogP contribution in [0.1, 0.15) is 63.9 Å². The SMILES string of the molecule is CC1(C)c2ccccc2-c2cc3c(cc21)-c1ccccc1C31c2ccccc2C=Cc2ccc(-c3ccc(-c4ccc(C#N)cc4)nc3)cc21. The van der Waals surface area contributed by atoms with Gasteiger partial charge in [-0.1, -0.05) is 129 Å². The third-order valence-electron chi connectivity index (χ3n) is 11.4. The molecule has 50 heavy (non-hydrogen) atoms. The van der Waals surface area contributed by atoms with Crippen molar-refractivity contribution in [2.24, 2.45) is 0 Å². The summed E-state index contributed by atoms with van der Waals surface area (Å²) in [7, 11) is 0. The number of fused-ring (bicyclic) bond motifs is 12. The van der Waals surface area contributed by atoms with E-state index in [1.54, 1.807) is 0 Å². The van der Waals surface area contributed by atoms with Gasteiger partial charge in [-0.05, 0) is 109 Å². The van der Waals surface area contributed by atoms with Crippen molar-refractivity contribution in [3.8, 4) is 50.7 Å². The lowest BCUT2D eigenvalue weighted by atomic mass is 9.65. The maximum Gasteiger partial charge on any atom is 0.0991 e. The number of nitrogens with zero attached hydrogens (tertiary/aromatic N) is 2. The summed E-state index contributed by atoms with van der Waals surface area (Å²) in [4.78, 5) is 4.89. The molecule has 3 aliphatic carbocycles. The Hall–Kier alpha value is -6.30. The Bertz CT molecular complexity index is 2620. The van der Waals surface area contributed by atoms with E-state index >= 15 is 0 Å². The van der Waals surface area contributed by atoms with Crippen LogP contribution >= 0.6 is 0 Å².